The van der Waals surface area contributed by atoms with Crippen LogP contribution in [0.15, 0.2) is 18.2 Å². The molecule has 5 nitrogen and oxygen atoms in total. The number of esters is 1. The van der Waals surface area contributed by atoms with Gasteiger partial charge in [-0.3, -0.25) is 0 Å². The Morgan fingerprint density at radius 2 is 2.24 bits per heavy atom. The van der Waals surface area contributed by atoms with Crippen LogP contribution < -0.4 is 0 Å². The lowest BCUT2D eigenvalue weighted by Crippen LogP contribution is -2.21. The molecular formula is C11H14ClNO4. The van der Waals surface area contributed by atoms with Crippen molar-refractivity contribution in [2.45, 2.75) is 19.1 Å². The fourth-order valence-corrected chi connectivity index (χ4v) is 1.39. The zero-order chi connectivity index (χ0) is 12.8. The first-order valence-electron chi connectivity index (χ1n) is 5.16. The monoisotopic (exact) mass is 259 g/mol. The van der Waals surface area contributed by atoms with Gasteiger partial charge in [0.2, 0.25) is 0 Å². The van der Waals surface area contributed by atoms with E-state index in [0.29, 0.717) is 0 Å². The van der Waals surface area contributed by atoms with E-state index in [1.807, 2.05) is 0 Å². The Balaban J connectivity index is 2.89. The van der Waals surface area contributed by atoms with Crippen LogP contribution in [0.1, 0.15) is 29.2 Å². The predicted octanol–water partition coefficient (Wildman–Crippen LogP) is 0.891. The van der Waals surface area contributed by atoms with Gasteiger partial charge in [-0.1, -0.05) is 6.07 Å². The first kappa shape index (κ1) is 13.9. The summed E-state index contributed by atoms with van der Waals surface area (Å²) in [6.07, 6.45) is -2.34. The van der Waals surface area contributed by atoms with E-state index in [0.717, 1.165) is 0 Å². The number of aromatic nitrogens is 1. The van der Waals surface area contributed by atoms with E-state index in [-0.39, 0.29) is 23.9 Å². The van der Waals surface area contributed by atoms with Gasteiger partial charge in [0.15, 0.2) is 0 Å². The van der Waals surface area contributed by atoms with E-state index in [1.165, 1.54) is 12.1 Å². The Bertz CT molecular complexity index is 385. The van der Waals surface area contributed by atoms with E-state index in [2.05, 4.69) is 4.98 Å². The first-order valence-corrected chi connectivity index (χ1v) is 5.69. The molecule has 17 heavy (non-hydrogen) atoms. The third-order valence-corrected chi connectivity index (χ3v) is 2.40. The molecule has 0 aromatic carbocycles. The number of carbonyl (C=O) groups is 1. The highest BCUT2D eigenvalue weighted by atomic mass is 35.5. The molecule has 0 fully saturated rings. The van der Waals surface area contributed by atoms with Crippen molar-refractivity contribution in [3.63, 3.8) is 0 Å². The SMILES string of the molecule is CCOC(=O)c1cccc(C(O)C(O)CCl)n1. The molecule has 0 radical (unpaired) electrons. The molecule has 6 heteroatoms. The summed E-state index contributed by atoms with van der Waals surface area (Å²) < 4.78 is 4.78. The van der Waals surface area contributed by atoms with Gasteiger partial charge in [-0.05, 0) is 19.1 Å². The Labute approximate surface area is 104 Å². The van der Waals surface area contributed by atoms with E-state index < -0.39 is 18.2 Å². The van der Waals surface area contributed by atoms with Gasteiger partial charge in [-0.25, -0.2) is 9.78 Å². The largest absolute Gasteiger partial charge is 0.461 e. The number of hydrogen-bond donors (Lipinski definition) is 2. The topological polar surface area (TPSA) is 79.7 Å². The molecule has 2 atom stereocenters. The lowest BCUT2D eigenvalue weighted by Gasteiger charge is -2.15. The van der Waals surface area contributed by atoms with Crippen molar-refractivity contribution in [2.24, 2.45) is 0 Å². The van der Waals surface area contributed by atoms with Crippen LogP contribution in [0.25, 0.3) is 0 Å². The Morgan fingerprint density at radius 1 is 1.53 bits per heavy atom. The van der Waals surface area contributed by atoms with Crippen LogP contribution >= 0.6 is 11.6 Å². The van der Waals surface area contributed by atoms with Crippen LogP contribution in [-0.2, 0) is 4.74 Å². The van der Waals surface area contributed by atoms with Crippen LogP contribution in [-0.4, -0.2) is 39.8 Å². The molecule has 0 bridgehead atoms. The number of alkyl halides is 1. The van der Waals surface area contributed by atoms with Crippen molar-refractivity contribution in [1.29, 1.82) is 0 Å². The van der Waals surface area contributed by atoms with E-state index >= 15 is 0 Å². The highest BCUT2D eigenvalue weighted by Gasteiger charge is 2.20. The number of aliphatic hydroxyl groups excluding tert-OH is 2. The number of pyridine rings is 1. The number of nitrogens with zero attached hydrogens (tertiary/aromatic N) is 1. The number of rotatable bonds is 5. The van der Waals surface area contributed by atoms with E-state index in [4.69, 9.17) is 16.3 Å². The van der Waals surface area contributed by atoms with Crippen molar-refractivity contribution < 1.29 is 19.7 Å². The zero-order valence-electron chi connectivity index (χ0n) is 9.34. The maximum Gasteiger partial charge on any atom is 0.356 e. The molecule has 0 saturated heterocycles. The standard InChI is InChI=1S/C11H14ClNO4/c1-2-17-11(16)8-5-3-4-7(13-8)10(15)9(14)6-12/h3-5,9-10,14-15H,2,6H2,1H3. The molecule has 1 aromatic heterocycles. The summed E-state index contributed by atoms with van der Waals surface area (Å²) >= 11 is 5.42. The fourth-order valence-electron chi connectivity index (χ4n) is 1.22. The fraction of sp³-hybridized carbons (Fsp3) is 0.455. The summed E-state index contributed by atoms with van der Waals surface area (Å²) in [5.74, 6) is -0.686. The maximum atomic E-state index is 11.4. The average Bonchev–Trinajstić information content (AvgIpc) is 2.37. The molecule has 1 aromatic rings. The first-order chi connectivity index (χ1) is 8.10. The van der Waals surface area contributed by atoms with Crippen molar-refractivity contribution in [2.75, 3.05) is 12.5 Å². The van der Waals surface area contributed by atoms with Crippen LogP contribution in [0.2, 0.25) is 0 Å². The quantitative estimate of drug-likeness (QED) is 0.606. The van der Waals surface area contributed by atoms with Crippen LogP contribution in [0.4, 0.5) is 0 Å². The third kappa shape index (κ3) is 3.66. The van der Waals surface area contributed by atoms with Crippen molar-refractivity contribution in [3.05, 3.63) is 29.6 Å². The van der Waals surface area contributed by atoms with Gasteiger partial charge in [-0.15, -0.1) is 11.6 Å². The molecule has 0 aliphatic carbocycles. The summed E-state index contributed by atoms with van der Waals surface area (Å²) in [5, 5.41) is 19.1. The van der Waals surface area contributed by atoms with Gasteiger partial charge in [0.1, 0.15) is 11.8 Å². The molecule has 2 unspecified atom stereocenters. The Hall–Kier alpha value is -1.17. The highest BCUT2D eigenvalue weighted by Crippen LogP contribution is 2.16. The molecule has 0 amide bonds. The molecule has 0 saturated carbocycles. The summed E-state index contributed by atoms with van der Waals surface area (Å²) in [5.41, 5.74) is 0.272. The number of ether oxygens (including phenoxy) is 1. The van der Waals surface area contributed by atoms with Gasteiger partial charge < -0.3 is 14.9 Å². The lowest BCUT2D eigenvalue weighted by atomic mass is 10.1. The summed E-state index contributed by atoms with van der Waals surface area (Å²) in [4.78, 5) is 15.3. The molecule has 0 spiro atoms. The molecule has 1 rings (SSSR count). The summed E-state index contributed by atoms with van der Waals surface area (Å²) in [6, 6.07) is 4.53. The van der Waals surface area contributed by atoms with E-state index in [9.17, 15) is 15.0 Å². The minimum atomic E-state index is -1.22. The molecule has 0 aliphatic rings. The number of halogens is 1. The summed E-state index contributed by atoms with van der Waals surface area (Å²) in [6.45, 7) is 1.94. The van der Waals surface area contributed by atoms with Crippen molar-refractivity contribution in [1.82, 2.24) is 4.98 Å². The second-order valence-electron chi connectivity index (χ2n) is 3.33. The van der Waals surface area contributed by atoms with Crippen molar-refractivity contribution >= 4 is 17.6 Å². The molecule has 0 aliphatic heterocycles. The smallest absolute Gasteiger partial charge is 0.356 e. The van der Waals surface area contributed by atoms with Gasteiger partial charge >= 0.3 is 5.97 Å². The number of aliphatic hydroxyl groups is 2. The van der Waals surface area contributed by atoms with Crippen LogP contribution in [0.5, 0.6) is 0 Å². The second kappa shape index (κ2) is 6.54. The van der Waals surface area contributed by atoms with Gasteiger partial charge in [0.25, 0.3) is 0 Å². The molecular weight excluding hydrogens is 246 g/mol. The van der Waals surface area contributed by atoms with Gasteiger partial charge in [0, 0.05) is 0 Å². The number of hydrogen-bond acceptors (Lipinski definition) is 5. The minimum Gasteiger partial charge on any atom is -0.461 e. The predicted molar refractivity (Wildman–Crippen MR) is 61.9 cm³/mol. The molecule has 1 heterocycles. The summed E-state index contributed by atoms with van der Waals surface area (Å²) in [7, 11) is 0. The molecule has 94 valence electrons. The van der Waals surface area contributed by atoms with Gasteiger partial charge in [0.05, 0.1) is 24.3 Å². The zero-order valence-corrected chi connectivity index (χ0v) is 10.1. The highest BCUT2D eigenvalue weighted by molar-refractivity contribution is 6.18. The minimum absolute atomic E-state index is 0.0881. The second-order valence-corrected chi connectivity index (χ2v) is 3.64. The maximum absolute atomic E-state index is 11.4. The van der Waals surface area contributed by atoms with Crippen LogP contribution in [0, 0.1) is 0 Å². The van der Waals surface area contributed by atoms with Crippen molar-refractivity contribution in [3.8, 4) is 0 Å². The lowest BCUT2D eigenvalue weighted by molar-refractivity contribution is 0.0294. The van der Waals surface area contributed by atoms with Gasteiger partial charge in [-0.2, -0.15) is 0 Å². The van der Waals surface area contributed by atoms with E-state index in [1.54, 1.807) is 13.0 Å². The average molecular weight is 260 g/mol. The normalized spacial score (nSPS) is 14.1. The third-order valence-electron chi connectivity index (χ3n) is 2.08. The Kier molecular flexibility index (Phi) is 5.34. The van der Waals surface area contributed by atoms with Crippen LogP contribution in [0.3, 0.4) is 0 Å². The number of carbonyl (C=O) groups excluding carboxylic acids is 1. The molecule has 2 N–H and O–H groups in total. The Morgan fingerprint density at radius 3 is 2.82 bits per heavy atom.